The third-order valence-corrected chi connectivity index (χ3v) is 5.56. The highest BCUT2D eigenvalue weighted by Crippen LogP contribution is 2.24. The van der Waals surface area contributed by atoms with Crippen molar-refractivity contribution in [2.24, 2.45) is 0 Å². The molecule has 2 rings (SSSR count). The minimum atomic E-state index is -3.02. The highest BCUT2D eigenvalue weighted by molar-refractivity contribution is 9.10. The first-order valence-corrected chi connectivity index (χ1v) is 8.94. The summed E-state index contributed by atoms with van der Waals surface area (Å²) in [7, 11) is -3.02. The molecular formula is C12H17BrN2O3S. The molecule has 1 amide bonds. The monoisotopic (exact) mass is 348 g/mol. The molecule has 19 heavy (non-hydrogen) atoms. The quantitative estimate of drug-likeness (QED) is 0.874. The lowest BCUT2D eigenvalue weighted by molar-refractivity contribution is 0.0923. The van der Waals surface area contributed by atoms with Gasteiger partial charge in [0.05, 0.1) is 5.25 Å². The van der Waals surface area contributed by atoms with Crippen LogP contribution < -0.4 is 5.32 Å². The average Bonchev–Trinajstić information content (AvgIpc) is 2.75. The molecule has 2 N–H and O–H groups in total. The Morgan fingerprint density at radius 3 is 2.79 bits per heavy atom. The Labute approximate surface area is 121 Å². The third-order valence-electron chi connectivity index (χ3n) is 3.46. The first-order valence-electron chi connectivity index (χ1n) is 6.20. The smallest absolute Gasteiger partial charge is 0.267 e. The highest BCUT2D eigenvalue weighted by atomic mass is 79.9. The van der Waals surface area contributed by atoms with Gasteiger partial charge in [-0.1, -0.05) is 6.42 Å². The SMILES string of the molecule is CS(=O)(=O)[C@H]1CCC[C@H](NC(=O)c2cc(Br)c[nH]2)C1. The van der Waals surface area contributed by atoms with Crippen molar-refractivity contribution in [1.29, 1.82) is 0 Å². The van der Waals surface area contributed by atoms with E-state index < -0.39 is 9.84 Å². The van der Waals surface area contributed by atoms with Crippen molar-refractivity contribution >= 4 is 31.7 Å². The Bertz CT molecular complexity index is 567. The van der Waals surface area contributed by atoms with E-state index in [1.54, 1.807) is 12.3 Å². The van der Waals surface area contributed by atoms with Crippen LogP contribution in [0.15, 0.2) is 16.7 Å². The van der Waals surface area contributed by atoms with Crippen molar-refractivity contribution in [3.63, 3.8) is 0 Å². The fraction of sp³-hybridized carbons (Fsp3) is 0.583. The van der Waals surface area contributed by atoms with Crippen LogP contribution in [0.5, 0.6) is 0 Å². The largest absolute Gasteiger partial charge is 0.356 e. The summed E-state index contributed by atoms with van der Waals surface area (Å²) in [6.45, 7) is 0. The van der Waals surface area contributed by atoms with Crippen LogP contribution in [0.25, 0.3) is 0 Å². The van der Waals surface area contributed by atoms with Gasteiger partial charge in [0.2, 0.25) is 0 Å². The normalized spacial score (nSPS) is 24.1. The van der Waals surface area contributed by atoms with Crippen molar-refractivity contribution in [1.82, 2.24) is 10.3 Å². The second-order valence-corrected chi connectivity index (χ2v) is 8.26. The van der Waals surface area contributed by atoms with E-state index in [-0.39, 0.29) is 17.2 Å². The minimum Gasteiger partial charge on any atom is -0.356 e. The fourth-order valence-corrected chi connectivity index (χ4v) is 3.95. The van der Waals surface area contributed by atoms with Crippen molar-refractivity contribution in [3.05, 3.63) is 22.4 Å². The Morgan fingerprint density at radius 1 is 1.47 bits per heavy atom. The van der Waals surface area contributed by atoms with E-state index in [9.17, 15) is 13.2 Å². The number of rotatable bonds is 3. The molecule has 1 fully saturated rings. The minimum absolute atomic E-state index is 0.0666. The number of halogens is 1. The zero-order valence-electron chi connectivity index (χ0n) is 10.6. The van der Waals surface area contributed by atoms with Crippen molar-refractivity contribution < 1.29 is 13.2 Å². The van der Waals surface area contributed by atoms with Gasteiger partial charge in [0.1, 0.15) is 15.5 Å². The van der Waals surface area contributed by atoms with E-state index in [2.05, 4.69) is 26.2 Å². The molecule has 1 aromatic heterocycles. The van der Waals surface area contributed by atoms with Gasteiger partial charge in [0.15, 0.2) is 0 Å². The summed E-state index contributed by atoms with van der Waals surface area (Å²) in [5, 5.41) is 2.56. The van der Waals surface area contributed by atoms with Gasteiger partial charge >= 0.3 is 0 Å². The first-order chi connectivity index (χ1) is 8.86. The molecule has 0 spiro atoms. The van der Waals surface area contributed by atoms with E-state index in [4.69, 9.17) is 0 Å². The van der Waals surface area contributed by atoms with E-state index in [1.165, 1.54) is 6.26 Å². The van der Waals surface area contributed by atoms with Crippen LogP contribution in [0.2, 0.25) is 0 Å². The number of hydrogen-bond donors (Lipinski definition) is 2. The number of amides is 1. The zero-order valence-corrected chi connectivity index (χ0v) is 13.1. The second-order valence-electron chi connectivity index (χ2n) is 5.02. The Kier molecular flexibility index (Phi) is 4.35. The number of carbonyl (C=O) groups excluding carboxylic acids is 1. The van der Waals surface area contributed by atoms with E-state index in [0.29, 0.717) is 18.5 Å². The summed E-state index contributed by atoms with van der Waals surface area (Å²) in [4.78, 5) is 14.8. The molecule has 1 aromatic rings. The first kappa shape index (κ1) is 14.6. The van der Waals surface area contributed by atoms with Crippen molar-refractivity contribution in [3.8, 4) is 0 Å². The molecule has 7 heteroatoms. The van der Waals surface area contributed by atoms with Crippen LogP contribution in [0.4, 0.5) is 0 Å². The Hall–Kier alpha value is -0.820. The number of aromatic amines is 1. The molecule has 0 bridgehead atoms. The number of H-pyrrole nitrogens is 1. The molecule has 0 aromatic carbocycles. The van der Waals surface area contributed by atoms with Gasteiger partial charge in [-0.2, -0.15) is 0 Å². The molecule has 0 saturated heterocycles. The van der Waals surface area contributed by atoms with Gasteiger partial charge in [-0.3, -0.25) is 4.79 Å². The standard InChI is InChI=1S/C12H17BrN2O3S/c1-19(17,18)10-4-2-3-9(6-10)15-12(16)11-5-8(13)7-14-11/h5,7,9-10,14H,2-4,6H2,1H3,(H,15,16)/t9-,10-/m0/s1. The van der Waals surface area contributed by atoms with Crippen LogP contribution in [0.3, 0.4) is 0 Å². The maximum absolute atomic E-state index is 12.0. The average molecular weight is 349 g/mol. The molecule has 5 nitrogen and oxygen atoms in total. The molecule has 106 valence electrons. The fourth-order valence-electron chi connectivity index (χ4n) is 2.43. The maximum atomic E-state index is 12.0. The Morgan fingerprint density at radius 2 is 2.21 bits per heavy atom. The second kappa shape index (κ2) is 5.66. The number of aromatic nitrogens is 1. The van der Waals surface area contributed by atoms with Gasteiger partial charge in [0, 0.05) is 23.0 Å². The molecule has 1 aliphatic rings. The topological polar surface area (TPSA) is 79.0 Å². The summed E-state index contributed by atoms with van der Waals surface area (Å²) < 4.78 is 23.9. The molecule has 1 heterocycles. The van der Waals surface area contributed by atoms with Gasteiger partial charge < -0.3 is 10.3 Å². The summed E-state index contributed by atoms with van der Waals surface area (Å²) in [5.41, 5.74) is 0.480. The lowest BCUT2D eigenvalue weighted by atomic mass is 9.95. The molecular weight excluding hydrogens is 332 g/mol. The summed E-state index contributed by atoms with van der Waals surface area (Å²) >= 11 is 3.27. The predicted octanol–water partition coefficient (Wildman–Crippen LogP) is 1.86. The van der Waals surface area contributed by atoms with Crippen molar-refractivity contribution in [2.75, 3.05) is 6.26 Å². The van der Waals surface area contributed by atoms with Crippen molar-refractivity contribution in [2.45, 2.75) is 37.0 Å². The van der Waals surface area contributed by atoms with Crippen LogP contribution in [-0.4, -0.2) is 36.9 Å². The van der Waals surface area contributed by atoms with Gasteiger partial charge in [-0.15, -0.1) is 0 Å². The van der Waals surface area contributed by atoms with Crippen LogP contribution >= 0.6 is 15.9 Å². The lowest BCUT2D eigenvalue weighted by Crippen LogP contribution is -2.41. The van der Waals surface area contributed by atoms with E-state index in [0.717, 1.165) is 17.3 Å². The maximum Gasteiger partial charge on any atom is 0.267 e. The highest BCUT2D eigenvalue weighted by Gasteiger charge is 2.29. The summed E-state index contributed by atoms with van der Waals surface area (Å²) in [5.74, 6) is -0.190. The van der Waals surface area contributed by atoms with Gasteiger partial charge in [-0.05, 0) is 41.3 Å². The summed E-state index contributed by atoms with van der Waals surface area (Å²) in [6, 6.07) is 1.63. The molecule has 0 unspecified atom stereocenters. The lowest BCUT2D eigenvalue weighted by Gasteiger charge is -2.28. The molecule has 1 aliphatic carbocycles. The molecule has 0 aliphatic heterocycles. The van der Waals surface area contributed by atoms with Gasteiger partial charge in [-0.25, -0.2) is 8.42 Å². The molecule has 1 saturated carbocycles. The number of nitrogens with one attached hydrogen (secondary N) is 2. The van der Waals surface area contributed by atoms with Crippen LogP contribution in [0.1, 0.15) is 36.2 Å². The number of carbonyl (C=O) groups is 1. The number of sulfone groups is 1. The Balaban J connectivity index is 1.98. The zero-order chi connectivity index (χ0) is 14.0. The molecule has 0 radical (unpaired) electrons. The third kappa shape index (κ3) is 3.82. The number of hydrogen-bond acceptors (Lipinski definition) is 3. The van der Waals surface area contributed by atoms with E-state index in [1.807, 2.05) is 0 Å². The van der Waals surface area contributed by atoms with Gasteiger partial charge in [0.25, 0.3) is 5.91 Å². The van der Waals surface area contributed by atoms with E-state index >= 15 is 0 Å². The van der Waals surface area contributed by atoms with Crippen LogP contribution in [-0.2, 0) is 9.84 Å². The summed E-state index contributed by atoms with van der Waals surface area (Å²) in [6.07, 6.45) is 5.82. The molecule has 2 atom stereocenters. The van der Waals surface area contributed by atoms with Crippen LogP contribution in [0, 0.1) is 0 Å². The predicted molar refractivity (Wildman–Crippen MR) is 76.8 cm³/mol.